The van der Waals surface area contributed by atoms with Crippen molar-refractivity contribution in [2.45, 2.75) is 6.92 Å². The summed E-state index contributed by atoms with van der Waals surface area (Å²) in [5.41, 5.74) is 1.60. The zero-order valence-corrected chi connectivity index (χ0v) is 10.8. The van der Waals surface area contributed by atoms with Crippen molar-refractivity contribution in [1.82, 2.24) is 0 Å². The maximum Gasteiger partial charge on any atom is 0.328 e. The van der Waals surface area contributed by atoms with Crippen molar-refractivity contribution < 1.29 is 19.0 Å². The van der Waals surface area contributed by atoms with Crippen LogP contribution in [0.15, 0.2) is 48.5 Å². The Balaban J connectivity index is 2.33. The van der Waals surface area contributed by atoms with Gasteiger partial charge in [0.1, 0.15) is 17.3 Å². The van der Waals surface area contributed by atoms with E-state index in [2.05, 4.69) is 0 Å². The number of ether oxygens (including phenoxy) is 1. The van der Waals surface area contributed by atoms with Crippen molar-refractivity contribution in [3.8, 4) is 11.5 Å². The van der Waals surface area contributed by atoms with E-state index in [4.69, 9.17) is 9.84 Å². The van der Waals surface area contributed by atoms with E-state index in [1.54, 1.807) is 24.3 Å². The van der Waals surface area contributed by atoms with Gasteiger partial charge in [0.15, 0.2) is 0 Å². The molecule has 0 saturated carbocycles. The second kappa shape index (κ2) is 6.02. The van der Waals surface area contributed by atoms with E-state index in [0.717, 1.165) is 11.6 Å². The van der Waals surface area contributed by atoms with Crippen LogP contribution in [-0.2, 0) is 4.79 Å². The molecule has 0 atom stereocenters. The van der Waals surface area contributed by atoms with Gasteiger partial charge in [0, 0.05) is 17.7 Å². The lowest BCUT2D eigenvalue weighted by Gasteiger charge is -2.09. The molecule has 102 valence electrons. The Morgan fingerprint density at radius 3 is 2.75 bits per heavy atom. The van der Waals surface area contributed by atoms with Gasteiger partial charge >= 0.3 is 5.97 Å². The minimum Gasteiger partial charge on any atom is -0.478 e. The van der Waals surface area contributed by atoms with Crippen LogP contribution < -0.4 is 4.74 Å². The van der Waals surface area contributed by atoms with Gasteiger partial charge in [-0.05, 0) is 37.3 Å². The average Bonchev–Trinajstić information content (AvgIpc) is 2.39. The number of benzene rings is 2. The van der Waals surface area contributed by atoms with E-state index in [9.17, 15) is 9.18 Å². The lowest BCUT2D eigenvalue weighted by Crippen LogP contribution is -1.91. The van der Waals surface area contributed by atoms with E-state index < -0.39 is 11.8 Å². The molecule has 2 rings (SSSR count). The van der Waals surface area contributed by atoms with Gasteiger partial charge in [0.2, 0.25) is 0 Å². The molecule has 1 N–H and O–H groups in total. The fraction of sp³-hybridized carbons (Fsp3) is 0.0625. The standard InChI is InChI=1S/C16H13FO3/c1-11-5-7-15(12(9-11)6-8-16(18)19)20-14-4-2-3-13(17)10-14/h2-10H,1H3,(H,18,19)/b8-6+. The third kappa shape index (κ3) is 3.68. The highest BCUT2D eigenvalue weighted by Crippen LogP contribution is 2.27. The van der Waals surface area contributed by atoms with E-state index >= 15 is 0 Å². The van der Waals surface area contributed by atoms with Gasteiger partial charge in [-0.1, -0.05) is 17.7 Å². The quantitative estimate of drug-likeness (QED) is 0.855. The molecule has 0 bridgehead atoms. The lowest BCUT2D eigenvalue weighted by molar-refractivity contribution is -0.131. The molecule has 0 amide bonds. The molecule has 0 heterocycles. The summed E-state index contributed by atoms with van der Waals surface area (Å²) in [5.74, 6) is -0.599. The van der Waals surface area contributed by atoms with Gasteiger partial charge in [0.25, 0.3) is 0 Å². The maximum atomic E-state index is 13.1. The Hall–Kier alpha value is -2.62. The number of carbonyl (C=O) groups is 1. The molecule has 0 aromatic heterocycles. The molecule has 2 aromatic rings. The predicted molar refractivity (Wildman–Crippen MR) is 74.3 cm³/mol. The van der Waals surface area contributed by atoms with Gasteiger partial charge in [-0.15, -0.1) is 0 Å². The van der Waals surface area contributed by atoms with Gasteiger partial charge in [-0.25, -0.2) is 9.18 Å². The van der Waals surface area contributed by atoms with Crippen LogP contribution >= 0.6 is 0 Å². The van der Waals surface area contributed by atoms with Crippen molar-refractivity contribution in [3.63, 3.8) is 0 Å². The highest BCUT2D eigenvalue weighted by atomic mass is 19.1. The Morgan fingerprint density at radius 1 is 1.25 bits per heavy atom. The summed E-state index contributed by atoms with van der Waals surface area (Å²) in [6, 6.07) is 11.1. The molecular formula is C16H13FO3. The van der Waals surface area contributed by atoms with Crippen molar-refractivity contribution in [1.29, 1.82) is 0 Å². The molecule has 0 aliphatic rings. The Morgan fingerprint density at radius 2 is 2.05 bits per heavy atom. The first-order valence-corrected chi connectivity index (χ1v) is 6.00. The van der Waals surface area contributed by atoms with Crippen LogP contribution in [0.25, 0.3) is 6.08 Å². The number of carboxylic acids is 1. The lowest BCUT2D eigenvalue weighted by atomic mass is 10.1. The predicted octanol–water partition coefficient (Wildman–Crippen LogP) is 4.02. The second-order valence-corrected chi connectivity index (χ2v) is 4.27. The SMILES string of the molecule is Cc1ccc(Oc2cccc(F)c2)c(/C=C/C(=O)O)c1. The van der Waals surface area contributed by atoms with Crippen LogP contribution in [0.5, 0.6) is 11.5 Å². The number of carboxylic acid groups (broad SMARTS) is 1. The number of rotatable bonds is 4. The minimum atomic E-state index is -1.04. The van der Waals surface area contributed by atoms with Crippen molar-refractivity contribution in [3.05, 3.63) is 65.5 Å². The topological polar surface area (TPSA) is 46.5 Å². The molecule has 0 aliphatic heterocycles. The monoisotopic (exact) mass is 272 g/mol. The Kier molecular flexibility index (Phi) is 4.15. The molecule has 0 saturated heterocycles. The molecule has 0 unspecified atom stereocenters. The average molecular weight is 272 g/mol. The largest absolute Gasteiger partial charge is 0.478 e. The first kappa shape index (κ1) is 13.8. The molecule has 0 radical (unpaired) electrons. The van der Waals surface area contributed by atoms with Gasteiger partial charge in [0.05, 0.1) is 0 Å². The van der Waals surface area contributed by atoms with Gasteiger partial charge in [-0.3, -0.25) is 0 Å². The maximum absolute atomic E-state index is 13.1. The minimum absolute atomic E-state index is 0.360. The highest BCUT2D eigenvalue weighted by Gasteiger charge is 2.04. The van der Waals surface area contributed by atoms with Crippen molar-refractivity contribution in [2.75, 3.05) is 0 Å². The number of hydrogen-bond acceptors (Lipinski definition) is 2. The van der Waals surface area contributed by atoms with Crippen LogP contribution in [0.4, 0.5) is 4.39 Å². The van der Waals surface area contributed by atoms with Gasteiger partial charge in [-0.2, -0.15) is 0 Å². The fourth-order valence-corrected chi connectivity index (χ4v) is 1.71. The normalized spacial score (nSPS) is 10.7. The second-order valence-electron chi connectivity index (χ2n) is 4.27. The van der Waals surface area contributed by atoms with Crippen LogP contribution in [-0.4, -0.2) is 11.1 Å². The molecule has 0 aliphatic carbocycles. The molecule has 0 fully saturated rings. The zero-order chi connectivity index (χ0) is 14.5. The fourth-order valence-electron chi connectivity index (χ4n) is 1.71. The highest BCUT2D eigenvalue weighted by molar-refractivity contribution is 5.86. The van der Waals surface area contributed by atoms with E-state index in [-0.39, 0.29) is 0 Å². The van der Waals surface area contributed by atoms with Crippen LogP contribution in [0.3, 0.4) is 0 Å². The number of aliphatic carboxylic acids is 1. The third-order valence-corrected chi connectivity index (χ3v) is 2.59. The first-order valence-electron chi connectivity index (χ1n) is 6.00. The summed E-state index contributed by atoms with van der Waals surface area (Å²) >= 11 is 0. The number of aryl methyl sites for hydroxylation is 1. The molecule has 2 aromatic carbocycles. The first-order chi connectivity index (χ1) is 9.54. The Labute approximate surface area is 115 Å². The van der Waals surface area contributed by atoms with Crippen LogP contribution in [0, 0.1) is 12.7 Å². The zero-order valence-electron chi connectivity index (χ0n) is 10.8. The number of halogens is 1. The van der Waals surface area contributed by atoms with Crippen LogP contribution in [0.1, 0.15) is 11.1 Å². The molecule has 20 heavy (non-hydrogen) atoms. The van der Waals surface area contributed by atoms with Gasteiger partial charge < -0.3 is 9.84 Å². The third-order valence-electron chi connectivity index (χ3n) is 2.59. The van der Waals surface area contributed by atoms with E-state index in [1.165, 1.54) is 18.2 Å². The molecule has 0 spiro atoms. The summed E-state index contributed by atoms with van der Waals surface area (Å²) in [5, 5.41) is 8.68. The van der Waals surface area contributed by atoms with E-state index in [1.807, 2.05) is 13.0 Å². The summed E-state index contributed by atoms with van der Waals surface area (Å²) in [7, 11) is 0. The van der Waals surface area contributed by atoms with Crippen molar-refractivity contribution >= 4 is 12.0 Å². The number of hydrogen-bond donors (Lipinski definition) is 1. The summed E-state index contributed by atoms with van der Waals surface area (Å²) in [4.78, 5) is 10.6. The molecular weight excluding hydrogens is 259 g/mol. The summed E-state index contributed by atoms with van der Waals surface area (Å²) < 4.78 is 18.7. The van der Waals surface area contributed by atoms with E-state index in [0.29, 0.717) is 17.1 Å². The van der Waals surface area contributed by atoms with Crippen molar-refractivity contribution in [2.24, 2.45) is 0 Å². The summed E-state index contributed by atoms with van der Waals surface area (Å²) in [6.07, 6.45) is 2.48. The Bertz CT molecular complexity index is 663. The summed E-state index contributed by atoms with van der Waals surface area (Å²) in [6.45, 7) is 1.89. The van der Waals surface area contributed by atoms with Crippen LogP contribution in [0.2, 0.25) is 0 Å². The molecule has 3 nitrogen and oxygen atoms in total. The smallest absolute Gasteiger partial charge is 0.328 e. The molecule has 4 heteroatoms.